The van der Waals surface area contributed by atoms with Crippen molar-refractivity contribution in [2.75, 3.05) is 50.1 Å². The van der Waals surface area contributed by atoms with Gasteiger partial charge in [0.1, 0.15) is 11.4 Å². The van der Waals surface area contributed by atoms with Crippen LogP contribution in [0.2, 0.25) is 0 Å². The zero-order valence-electron chi connectivity index (χ0n) is 16.1. The van der Waals surface area contributed by atoms with E-state index >= 15 is 0 Å². The molecule has 1 heterocycles. The number of carbonyl (C=O) groups excluding carboxylic acids is 1. The molecule has 3 rings (SSSR count). The largest absolute Gasteiger partial charge is 0.494 e. The second-order valence-corrected chi connectivity index (χ2v) is 6.45. The van der Waals surface area contributed by atoms with E-state index in [0.717, 1.165) is 5.69 Å². The van der Waals surface area contributed by atoms with E-state index in [2.05, 4.69) is 10.2 Å². The van der Waals surface area contributed by atoms with Crippen LogP contribution >= 0.6 is 0 Å². The van der Waals surface area contributed by atoms with E-state index < -0.39 is 4.92 Å². The molecule has 28 heavy (non-hydrogen) atoms. The standard InChI is InChI=1S/C20H24N4O4/c1-3-28-17-6-4-5-15(13-17)20(25)23-11-9-22(10-12-23)16-7-8-19(24(26)27)18(14-16)21-2/h4-8,13-14,21H,3,9-12H2,1-2H3. The second kappa shape index (κ2) is 8.60. The van der Waals surface area contributed by atoms with Gasteiger partial charge >= 0.3 is 0 Å². The van der Waals surface area contributed by atoms with Crippen LogP contribution in [0.15, 0.2) is 42.5 Å². The Morgan fingerprint density at radius 1 is 1.18 bits per heavy atom. The molecule has 2 aromatic rings. The summed E-state index contributed by atoms with van der Waals surface area (Å²) < 4.78 is 5.47. The Bertz CT molecular complexity index is 863. The fourth-order valence-corrected chi connectivity index (χ4v) is 3.32. The lowest BCUT2D eigenvalue weighted by Crippen LogP contribution is -2.48. The van der Waals surface area contributed by atoms with Crippen molar-refractivity contribution in [1.29, 1.82) is 0 Å². The number of hydrogen-bond acceptors (Lipinski definition) is 6. The maximum atomic E-state index is 12.8. The number of ether oxygens (including phenoxy) is 1. The maximum absolute atomic E-state index is 12.8. The fourth-order valence-electron chi connectivity index (χ4n) is 3.32. The lowest BCUT2D eigenvalue weighted by molar-refractivity contribution is -0.383. The van der Waals surface area contributed by atoms with Crippen LogP contribution in [0, 0.1) is 10.1 Å². The first-order valence-corrected chi connectivity index (χ1v) is 9.26. The van der Waals surface area contributed by atoms with Crippen molar-refractivity contribution in [2.24, 2.45) is 0 Å². The van der Waals surface area contributed by atoms with Gasteiger partial charge in [0.15, 0.2) is 0 Å². The van der Waals surface area contributed by atoms with Gasteiger partial charge in [-0.25, -0.2) is 0 Å². The molecule has 0 aromatic heterocycles. The summed E-state index contributed by atoms with van der Waals surface area (Å²) in [6.45, 7) is 4.97. The number of nitrogens with one attached hydrogen (secondary N) is 1. The van der Waals surface area contributed by atoms with E-state index in [9.17, 15) is 14.9 Å². The number of benzene rings is 2. The Labute approximate surface area is 163 Å². The van der Waals surface area contributed by atoms with Crippen molar-refractivity contribution in [3.63, 3.8) is 0 Å². The highest BCUT2D eigenvalue weighted by Crippen LogP contribution is 2.29. The summed E-state index contributed by atoms with van der Waals surface area (Å²) in [5, 5.41) is 14.0. The highest BCUT2D eigenvalue weighted by Gasteiger charge is 2.24. The smallest absolute Gasteiger partial charge is 0.292 e. The molecule has 0 unspecified atom stereocenters. The molecule has 0 bridgehead atoms. The van der Waals surface area contributed by atoms with Crippen molar-refractivity contribution in [1.82, 2.24) is 4.90 Å². The van der Waals surface area contributed by atoms with Crippen molar-refractivity contribution < 1.29 is 14.5 Å². The predicted molar refractivity (Wildman–Crippen MR) is 108 cm³/mol. The van der Waals surface area contributed by atoms with Crippen LogP contribution in [0.25, 0.3) is 0 Å². The molecule has 0 saturated carbocycles. The van der Waals surface area contributed by atoms with Gasteiger partial charge < -0.3 is 19.9 Å². The average molecular weight is 384 g/mol. The van der Waals surface area contributed by atoms with Crippen LogP contribution < -0.4 is 15.0 Å². The van der Waals surface area contributed by atoms with E-state index in [1.807, 2.05) is 24.0 Å². The highest BCUT2D eigenvalue weighted by molar-refractivity contribution is 5.94. The van der Waals surface area contributed by atoms with Gasteiger partial charge in [0.05, 0.1) is 11.5 Å². The average Bonchev–Trinajstić information content (AvgIpc) is 2.73. The number of anilines is 2. The third-order valence-corrected chi connectivity index (χ3v) is 4.77. The molecule has 1 aliphatic rings. The van der Waals surface area contributed by atoms with E-state index in [0.29, 0.717) is 49.8 Å². The summed E-state index contributed by atoms with van der Waals surface area (Å²) in [7, 11) is 1.67. The van der Waals surface area contributed by atoms with E-state index in [-0.39, 0.29) is 11.6 Å². The minimum absolute atomic E-state index is 0.0131. The van der Waals surface area contributed by atoms with Crippen molar-refractivity contribution in [2.45, 2.75) is 6.92 Å². The lowest BCUT2D eigenvalue weighted by atomic mass is 10.1. The monoisotopic (exact) mass is 384 g/mol. The summed E-state index contributed by atoms with van der Waals surface area (Å²) in [5.74, 6) is 0.679. The van der Waals surface area contributed by atoms with Crippen LogP contribution in [0.5, 0.6) is 5.75 Å². The van der Waals surface area contributed by atoms with Gasteiger partial charge in [-0.2, -0.15) is 0 Å². The Balaban J connectivity index is 1.66. The van der Waals surface area contributed by atoms with Gasteiger partial charge in [-0.1, -0.05) is 6.07 Å². The molecular weight excluding hydrogens is 360 g/mol. The molecule has 2 aromatic carbocycles. The van der Waals surface area contributed by atoms with Gasteiger partial charge in [-0.15, -0.1) is 0 Å². The topological polar surface area (TPSA) is 88.0 Å². The molecule has 0 radical (unpaired) electrons. The van der Waals surface area contributed by atoms with Gasteiger partial charge in [-0.3, -0.25) is 14.9 Å². The Morgan fingerprint density at radius 2 is 1.93 bits per heavy atom. The molecule has 1 N–H and O–H groups in total. The zero-order chi connectivity index (χ0) is 20.1. The van der Waals surface area contributed by atoms with Crippen LogP contribution in [0.1, 0.15) is 17.3 Å². The molecule has 148 valence electrons. The summed E-state index contributed by atoms with van der Waals surface area (Å²) in [4.78, 5) is 27.4. The summed E-state index contributed by atoms with van der Waals surface area (Å²) >= 11 is 0. The molecule has 0 aliphatic carbocycles. The van der Waals surface area contributed by atoms with Crippen LogP contribution in [-0.2, 0) is 0 Å². The summed E-state index contributed by atoms with van der Waals surface area (Å²) in [6.07, 6.45) is 0. The molecular formula is C20H24N4O4. The number of carbonyl (C=O) groups is 1. The number of rotatable bonds is 6. The van der Waals surface area contributed by atoms with E-state index in [4.69, 9.17) is 4.74 Å². The third kappa shape index (κ3) is 4.16. The van der Waals surface area contributed by atoms with Gasteiger partial charge in [0, 0.05) is 50.5 Å². The van der Waals surface area contributed by atoms with Gasteiger partial charge in [0.25, 0.3) is 11.6 Å². The van der Waals surface area contributed by atoms with Crippen LogP contribution in [0.3, 0.4) is 0 Å². The normalized spacial score (nSPS) is 13.9. The summed E-state index contributed by atoms with van der Waals surface area (Å²) in [6, 6.07) is 12.3. The fraction of sp³-hybridized carbons (Fsp3) is 0.350. The molecule has 1 saturated heterocycles. The van der Waals surface area contributed by atoms with E-state index in [1.165, 1.54) is 6.07 Å². The maximum Gasteiger partial charge on any atom is 0.292 e. The van der Waals surface area contributed by atoms with Crippen molar-refractivity contribution in [3.05, 3.63) is 58.1 Å². The Hall–Kier alpha value is -3.29. The number of nitrogens with zero attached hydrogens (tertiary/aromatic N) is 3. The zero-order valence-corrected chi connectivity index (χ0v) is 16.1. The SMILES string of the molecule is CCOc1cccc(C(=O)N2CCN(c3ccc([N+](=O)[O-])c(NC)c3)CC2)c1. The second-order valence-electron chi connectivity index (χ2n) is 6.45. The molecule has 8 heteroatoms. The molecule has 8 nitrogen and oxygen atoms in total. The summed E-state index contributed by atoms with van der Waals surface area (Å²) in [5.41, 5.74) is 2.05. The first-order valence-electron chi connectivity index (χ1n) is 9.26. The minimum Gasteiger partial charge on any atom is -0.494 e. The van der Waals surface area contributed by atoms with Crippen molar-refractivity contribution >= 4 is 23.0 Å². The number of piperazine rings is 1. The molecule has 0 spiro atoms. The molecule has 1 amide bonds. The van der Waals surface area contributed by atoms with Gasteiger partial charge in [-0.05, 0) is 37.3 Å². The number of amides is 1. The number of nitro benzene ring substituents is 1. The van der Waals surface area contributed by atoms with Crippen molar-refractivity contribution in [3.8, 4) is 5.75 Å². The predicted octanol–water partition coefficient (Wildman–Crippen LogP) is 3.00. The van der Waals surface area contributed by atoms with Crippen LogP contribution in [-0.4, -0.2) is 55.6 Å². The Morgan fingerprint density at radius 3 is 2.57 bits per heavy atom. The Kier molecular flexibility index (Phi) is 5.98. The molecule has 0 atom stereocenters. The lowest BCUT2D eigenvalue weighted by Gasteiger charge is -2.36. The first kappa shape index (κ1) is 19.5. The molecule has 1 fully saturated rings. The number of nitro groups is 1. The quantitative estimate of drug-likeness (QED) is 0.608. The third-order valence-electron chi connectivity index (χ3n) is 4.77. The van der Waals surface area contributed by atoms with Gasteiger partial charge in [0.2, 0.25) is 0 Å². The minimum atomic E-state index is -0.400. The first-order chi connectivity index (χ1) is 13.5. The molecule has 1 aliphatic heterocycles. The van der Waals surface area contributed by atoms with Crippen LogP contribution in [0.4, 0.5) is 17.1 Å². The van der Waals surface area contributed by atoms with E-state index in [1.54, 1.807) is 31.3 Å². The number of hydrogen-bond donors (Lipinski definition) is 1. The highest BCUT2D eigenvalue weighted by atomic mass is 16.6.